The number of hydrogen-bond acceptors (Lipinski definition) is 1. The average Bonchev–Trinajstić information content (AvgIpc) is 1.87. The highest BCUT2D eigenvalue weighted by Crippen LogP contribution is 2.03. The molecule has 58 valence electrons. The lowest BCUT2D eigenvalue weighted by Crippen LogP contribution is -1.95. The van der Waals surface area contributed by atoms with Gasteiger partial charge in [0.1, 0.15) is 0 Å². The predicted molar refractivity (Wildman–Crippen MR) is 47.7 cm³/mol. The zero-order chi connectivity index (χ0) is 8.15. The maximum atomic E-state index is 4.30. The maximum absolute atomic E-state index is 4.30. The van der Waals surface area contributed by atoms with Gasteiger partial charge in [-0.3, -0.25) is 4.99 Å². The maximum Gasteiger partial charge on any atom is 0.0364 e. The SMILES string of the molecule is CCN=C(C)C(C)=C(C)C. The molecule has 0 saturated carbocycles. The van der Waals surface area contributed by atoms with Crippen LogP contribution in [0.1, 0.15) is 34.6 Å². The van der Waals surface area contributed by atoms with E-state index in [0.29, 0.717) is 0 Å². The summed E-state index contributed by atoms with van der Waals surface area (Å²) in [6.07, 6.45) is 0. The second kappa shape index (κ2) is 4.26. The van der Waals surface area contributed by atoms with Crippen molar-refractivity contribution in [1.29, 1.82) is 0 Å². The van der Waals surface area contributed by atoms with Crippen molar-refractivity contribution in [1.82, 2.24) is 0 Å². The third kappa shape index (κ3) is 2.81. The van der Waals surface area contributed by atoms with Crippen molar-refractivity contribution in [3.8, 4) is 0 Å². The van der Waals surface area contributed by atoms with Crippen LogP contribution in [0, 0.1) is 0 Å². The molecule has 10 heavy (non-hydrogen) atoms. The zero-order valence-electron chi connectivity index (χ0n) is 7.65. The lowest BCUT2D eigenvalue weighted by molar-refractivity contribution is 1.12. The highest BCUT2D eigenvalue weighted by Gasteiger charge is 1.94. The number of rotatable bonds is 2. The van der Waals surface area contributed by atoms with Crippen LogP contribution in [-0.2, 0) is 0 Å². The summed E-state index contributed by atoms with van der Waals surface area (Å²) < 4.78 is 0. The molecule has 0 fully saturated rings. The third-order valence-electron chi connectivity index (χ3n) is 1.69. The highest BCUT2D eigenvalue weighted by molar-refractivity contribution is 5.98. The molecule has 0 aliphatic carbocycles. The molecule has 0 aromatic heterocycles. The third-order valence-corrected chi connectivity index (χ3v) is 1.69. The van der Waals surface area contributed by atoms with Crippen LogP contribution in [-0.4, -0.2) is 12.3 Å². The molecule has 1 heteroatoms. The van der Waals surface area contributed by atoms with Crippen molar-refractivity contribution in [2.75, 3.05) is 6.54 Å². The van der Waals surface area contributed by atoms with E-state index in [1.807, 2.05) is 0 Å². The average molecular weight is 139 g/mol. The monoisotopic (exact) mass is 139 g/mol. The minimum Gasteiger partial charge on any atom is -0.290 e. The molecule has 0 unspecified atom stereocenters. The van der Waals surface area contributed by atoms with Crippen LogP contribution < -0.4 is 0 Å². The van der Waals surface area contributed by atoms with Gasteiger partial charge in [0.05, 0.1) is 0 Å². The topological polar surface area (TPSA) is 12.4 Å². The molecular weight excluding hydrogens is 122 g/mol. The first-order valence-electron chi connectivity index (χ1n) is 3.75. The van der Waals surface area contributed by atoms with Gasteiger partial charge in [0.15, 0.2) is 0 Å². The van der Waals surface area contributed by atoms with E-state index in [1.165, 1.54) is 16.9 Å². The van der Waals surface area contributed by atoms with E-state index in [4.69, 9.17) is 0 Å². The molecule has 0 aromatic carbocycles. The van der Waals surface area contributed by atoms with Crippen LogP contribution in [0.3, 0.4) is 0 Å². The number of hydrogen-bond donors (Lipinski definition) is 0. The Morgan fingerprint density at radius 2 is 1.60 bits per heavy atom. The van der Waals surface area contributed by atoms with E-state index in [2.05, 4.69) is 39.6 Å². The standard InChI is InChI=1S/C9H17N/c1-6-10-9(5)8(4)7(2)3/h6H2,1-5H3. The summed E-state index contributed by atoms with van der Waals surface area (Å²) in [5, 5.41) is 0. The van der Waals surface area contributed by atoms with Gasteiger partial charge in [-0.1, -0.05) is 5.57 Å². The van der Waals surface area contributed by atoms with Gasteiger partial charge in [-0.2, -0.15) is 0 Å². The van der Waals surface area contributed by atoms with Gasteiger partial charge in [-0.05, 0) is 40.2 Å². The van der Waals surface area contributed by atoms with Crippen LogP contribution in [0.15, 0.2) is 16.1 Å². The van der Waals surface area contributed by atoms with Crippen LogP contribution >= 0.6 is 0 Å². The lowest BCUT2D eigenvalue weighted by Gasteiger charge is -2.01. The summed E-state index contributed by atoms with van der Waals surface area (Å²) >= 11 is 0. The molecule has 0 atom stereocenters. The minimum absolute atomic E-state index is 0.885. The number of aliphatic imine (C=N–C) groups is 1. The molecule has 0 aliphatic heterocycles. The Labute approximate surface area is 63.9 Å². The Kier molecular flexibility index (Phi) is 4.01. The van der Waals surface area contributed by atoms with E-state index < -0.39 is 0 Å². The normalized spacial score (nSPS) is 11.5. The first kappa shape index (κ1) is 9.41. The second-order valence-electron chi connectivity index (χ2n) is 2.68. The fraction of sp³-hybridized carbons (Fsp3) is 0.667. The summed E-state index contributed by atoms with van der Waals surface area (Å²) in [5.74, 6) is 0. The molecule has 0 spiro atoms. The van der Waals surface area contributed by atoms with E-state index in [9.17, 15) is 0 Å². The van der Waals surface area contributed by atoms with Gasteiger partial charge in [0.25, 0.3) is 0 Å². The van der Waals surface area contributed by atoms with Crippen molar-refractivity contribution in [3.63, 3.8) is 0 Å². The lowest BCUT2D eigenvalue weighted by atomic mass is 10.1. The quantitative estimate of drug-likeness (QED) is 0.522. The summed E-state index contributed by atoms with van der Waals surface area (Å²) in [5.41, 5.74) is 3.85. The van der Waals surface area contributed by atoms with Gasteiger partial charge >= 0.3 is 0 Å². The molecule has 0 radical (unpaired) electrons. The van der Waals surface area contributed by atoms with Crippen LogP contribution in [0.4, 0.5) is 0 Å². The van der Waals surface area contributed by atoms with Crippen molar-refractivity contribution in [3.05, 3.63) is 11.1 Å². The van der Waals surface area contributed by atoms with Gasteiger partial charge in [-0.15, -0.1) is 0 Å². The molecule has 0 saturated heterocycles. The number of allylic oxidation sites excluding steroid dienone is 2. The smallest absolute Gasteiger partial charge is 0.0364 e. The Balaban J connectivity index is 4.36. The van der Waals surface area contributed by atoms with Gasteiger partial charge < -0.3 is 0 Å². The summed E-state index contributed by atoms with van der Waals surface area (Å²) in [6, 6.07) is 0. The molecule has 0 amide bonds. The van der Waals surface area contributed by atoms with Crippen LogP contribution in [0.25, 0.3) is 0 Å². The van der Waals surface area contributed by atoms with Gasteiger partial charge in [0, 0.05) is 12.3 Å². The fourth-order valence-electron chi connectivity index (χ4n) is 0.718. The molecule has 0 bridgehead atoms. The molecule has 0 rings (SSSR count). The Morgan fingerprint density at radius 3 is 1.90 bits per heavy atom. The molecule has 1 nitrogen and oxygen atoms in total. The molecule has 0 aromatic rings. The van der Waals surface area contributed by atoms with Crippen molar-refractivity contribution in [2.45, 2.75) is 34.6 Å². The van der Waals surface area contributed by atoms with E-state index in [1.54, 1.807) is 0 Å². The van der Waals surface area contributed by atoms with Crippen LogP contribution in [0.5, 0.6) is 0 Å². The highest BCUT2D eigenvalue weighted by atomic mass is 14.7. The number of nitrogens with zero attached hydrogens (tertiary/aromatic N) is 1. The summed E-state index contributed by atoms with van der Waals surface area (Å²) in [4.78, 5) is 4.30. The first-order chi connectivity index (χ1) is 4.59. The van der Waals surface area contributed by atoms with Gasteiger partial charge in [-0.25, -0.2) is 0 Å². The largest absolute Gasteiger partial charge is 0.290 e. The second-order valence-corrected chi connectivity index (χ2v) is 2.68. The molecular formula is C9H17N. The van der Waals surface area contributed by atoms with Crippen molar-refractivity contribution in [2.24, 2.45) is 4.99 Å². The molecule has 0 heterocycles. The first-order valence-corrected chi connectivity index (χ1v) is 3.75. The molecule has 0 aliphatic rings. The Morgan fingerprint density at radius 1 is 1.10 bits per heavy atom. The van der Waals surface area contributed by atoms with Crippen molar-refractivity contribution >= 4 is 5.71 Å². The summed E-state index contributed by atoms with van der Waals surface area (Å²) in [6.45, 7) is 11.3. The fourth-order valence-corrected chi connectivity index (χ4v) is 0.718. The molecule has 0 N–H and O–H groups in total. The Hall–Kier alpha value is -0.590. The minimum atomic E-state index is 0.885. The van der Waals surface area contributed by atoms with Crippen LogP contribution in [0.2, 0.25) is 0 Å². The summed E-state index contributed by atoms with van der Waals surface area (Å²) in [7, 11) is 0. The van der Waals surface area contributed by atoms with Gasteiger partial charge in [0.2, 0.25) is 0 Å². The zero-order valence-corrected chi connectivity index (χ0v) is 7.65. The van der Waals surface area contributed by atoms with E-state index in [0.717, 1.165) is 6.54 Å². The predicted octanol–water partition coefficient (Wildman–Crippen LogP) is 2.82. The van der Waals surface area contributed by atoms with E-state index in [-0.39, 0.29) is 0 Å². The Bertz CT molecular complexity index is 160. The van der Waals surface area contributed by atoms with E-state index >= 15 is 0 Å². The van der Waals surface area contributed by atoms with Crippen molar-refractivity contribution < 1.29 is 0 Å².